The van der Waals surface area contributed by atoms with E-state index in [2.05, 4.69) is 16.5 Å². The van der Waals surface area contributed by atoms with Crippen molar-refractivity contribution in [3.05, 3.63) is 58.6 Å². The number of hydrogen-bond acceptors (Lipinski definition) is 5. The average molecular weight is 359 g/mol. The van der Waals surface area contributed by atoms with Crippen molar-refractivity contribution in [1.29, 1.82) is 0 Å². The minimum atomic E-state index is -0.222. The van der Waals surface area contributed by atoms with Gasteiger partial charge in [-0.2, -0.15) is 0 Å². The number of halogens is 1. The van der Waals surface area contributed by atoms with Crippen molar-refractivity contribution in [1.82, 2.24) is 5.32 Å². The first-order valence-electron chi connectivity index (χ1n) is 8.27. The smallest absolute Gasteiger partial charge is 0.163 e. The van der Waals surface area contributed by atoms with Gasteiger partial charge in [-0.1, -0.05) is 41.0 Å². The van der Waals surface area contributed by atoms with Gasteiger partial charge in [0.1, 0.15) is 25.0 Å². The Morgan fingerprint density at radius 2 is 1.92 bits per heavy atom. The second-order valence-electron chi connectivity index (χ2n) is 6.12. The lowest BCUT2D eigenvalue weighted by molar-refractivity contribution is 0.132. The Hall–Kier alpha value is -2.24. The van der Waals surface area contributed by atoms with Crippen LogP contribution in [0.3, 0.4) is 0 Å². The Morgan fingerprint density at radius 3 is 2.68 bits per heavy atom. The van der Waals surface area contributed by atoms with Gasteiger partial charge in [-0.25, -0.2) is 0 Å². The van der Waals surface area contributed by atoms with E-state index in [4.69, 9.17) is 25.9 Å². The van der Waals surface area contributed by atoms with Crippen LogP contribution in [0.25, 0.3) is 0 Å². The first-order chi connectivity index (χ1) is 12.2. The molecular formula is C19H19ClN2O3. The van der Waals surface area contributed by atoms with Crippen molar-refractivity contribution in [2.45, 2.75) is 18.6 Å². The highest BCUT2D eigenvalue weighted by Crippen LogP contribution is 2.35. The normalized spacial score (nSPS) is 20.9. The molecule has 1 atom stereocenters. The van der Waals surface area contributed by atoms with Crippen molar-refractivity contribution in [2.75, 3.05) is 20.2 Å². The summed E-state index contributed by atoms with van der Waals surface area (Å²) in [7, 11) is 1.55. The molecule has 1 unspecified atom stereocenters. The maximum atomic E-state index is 6.26. The van der Waals surface area contributed by atoms with Gasteiger partial charge in [0, 0.05) is 36.2 Å². The fraction of sp³-hybridized carbons (Fsp3) is 0.316. The van der Waals surface area contributed by atoms with E-state index in [-0.39, 0.29) is 12.2 Å². The third-order valence-electron chi connectivity index (χ3n) is 4.41. The second kappa shape index (κ2) is 6.94. The minimum Gasteiger partial charge on any atom is -0.484 e. The van der Waals surface area contributed by atoms with E-state index in [1.165, 1.54) is 5.56 Å². The summed E-state index contributed by atoms with van der Waals surface area (Å²) in [5.74, 6) is 1.32. The minimum absolute atomic E-state index is 0.147. The van der Waals surface area contributed by atoms with Crippen LogP contribution in [-0.2, 0) is 11.3 Å². The number of nitrogens with one attached hydrogen (secondary N) is 1. The van der Waals surface area contributed by atoms with E-state index in [1.807, 2.05) is 24.3 Å². The van der Waals surface area contributed by atoms with Crippen LogP contribution in [-0.4, -0.2) is 38.1 Å². The van der Waals surface area contributed by atoms with Gasteiger partial charge in [-0.05, 0) is 17.7 Å². The summed E-state index contributed by atoms with van der Waals surface area (Å²) < 4.78 is 12.3. The molecule has 2 aliphatic rings. The Kier molecular flexibility index (Phi) is 4.51. The second-order valence-corrected chi connectivity index (χ2v) is 6.55. The molecular weight excluding hydrogens is 340 g/mol. The standard InChI is InChI=1S/C19H19ClN2O3/c1-23-22-19-15-5-3-2-4-12(15)8-18(19)25-16-7-6-13(20)9-17(16)24-14-10-21-11-14/h2-7,9,14,18,21H,8,10-11H2,1H3/b22-19+. The van der Waals surface area contributed by atoms with E-state index in [9.17, 15) is 0 Å². The molecule has 0 saturated carbocycles. The van der Waals surface area contributed by atoms with E-state index in [0.29, 0.717) is 16.5 Å². The molecule has 1 N–H and O–H groups in total. The lowest BCUT2D eigenvalue weighted by Gasteiger charge is -2.29. The number of benzene rings is 2. The summed E-state index contributed by atoms with van der Waals surface area (Å²) in [6.07, 6.45) is 0.667. The largest absolute Gasteiger partial charge is 0.484 e. The highest BCUT2D eigenvalue weighted by Gasteiger charge is 2.32. The Bertz CT molecular complexity index is 805. The fourth-order valence-corrected chi connectivity index (χ4v) is 3.23. The number of rotatable bonds is 5. The number of fused-ring (bicyclic) bond motifs is 1. The van der Waals surface area contributed by atoms with E-state index >= 15 is 0 Å². The van der Waals surface area contributed by atoms with E-state index in [0.717, 1.165) is 30.8 Å². The van der Waals surface area contributed by atoms with Crippen molar-refractivity contribution >= 4 is 17.3 Å². The maximum Gasteiger partial charge on any atom is 0.163 e. The van der Waals surface area contributed by atoms with Gasteiger partial charge >= 0.3 is 0 Å². The first-order valence-corrected chi connectivity index (χ1v) is 8.65. The van der Waals surface area contributed by atoms with Crippen molar-refractivity contribution in [3.63, 3.8) is 0 Å². The first kappa shape index (κ1) is 16.2. The van der Waals surface area contributed by atoms with Gasteiger partial charge in [-0.3, -0.25) is 0 Å². The van der Waals surface area contributed by atoms with E-state index in [1.54, 1.807) is 19.2 Å². The number of ether oxygens (including phenoxy) is 2. The highest BCUT2D eigenvalue weighted by molar-refractivity contribution is 6.30. The molecule has 1 saturated heterocycles. The topological polar surface area (TPSA) is 52.1 Å². The number of nitrogens with zero attached hydrogens (tertiary/aromatic N) is 1. The zero-order chi connectivity index (χ0) is 17.2. The van der Waals surface area contributed by atoms with Gasteiger partial charge in [-0.15, -0.1) is 0 Å². The van der Waals surface area contributed by atoms with Crippen LogP contribution < -0.4 is 14.8 Å². The van der Waals surface area contributed by atoms with Gasteiger partial charge in [0.25, 0.3) is 0 Å². The molecule has 130 valence electrons. The van der Waals surface area contributed by atoms with Crippen LogP contribution in [0, 0.1) is 0 Å². The van der Waals surface area contributed by atoms with Crippen molar-refractivity contribution in [2.24, 2.45) is 5.16 Å². The van der Waals surface area contributed by atoms with Crippen LogP contribution in [0.2, 0.25) is 5.02 Å². The molecule has 5 nitrogen and oxygen atoms in total. The highest BCUT2D eigenvalue weighted by atomic mass is 35.5. The molecule has 0 bridgehead atoms. The molecule has 2 aromatic rings. The number of oxime groups is 1. The lowest BCUT2D eigenvalue weighted by atomic mass is 10.1. The molecule has 1 fully saturated rings. The lowest BCUT2D eigenvalue weighted by Crippen LogP contribution is -2.50. The maximum absolute atomic E-state index is 6.26. The summed E-state index contributed by atoms with van der Waals surface area (Å²) in [6, 6.07) is 13.6. The zero-order valence-electron chi connectivity index (χ0n) is 13.9. The van der Waals surface area contributed by atoms with Gasteiger partial charge < -0.3 is 19.6 Å². The Labute approximate surface area is 151 Å². The van der Waals surface area contributed by atoms with Crippen LogP contribution in [0.15, 0.2) is 47.6 Å². The molecule has 4 rings (SSSR count). The molecule has 0 spiro atoms. The van der Waals surface area contributed by atoms with Gasteiger partial charge in [0.05, 0.1) is 0 Å². The molecule has 0 aromatic heterocycles. The van der Waals surface area contributed by atoms with Crippen LogP contribution >= 0.6 is 11.6 Å². The average Bonchev–Trinajstić information content (AvgIpc) is 2.91. The molecule has 25 heavy (non-hydrogen) atoms. The summed E-state index contributed by atoms with van der Waals surface area (Å²) in [6.45, 7) is 1.66. The van der Waals surface area contributed by atoms with E-state index < -0.39 is 0 Å². The molecule has 1 heterocycles. The summed E-state index contributed by atoms with van der Waals surface area (Å²) in [5, 5.41) is 8.00. The summed E-state index contributed by atoms with van der Waals surface area (Å²) in [5.41, 5.74) is 3.06. The van der Waals surface area contributed by atoms with Gasteiger partial charge in [0.15, 0.2) is 11.5 Å². The monoisotopic (exact) mass is 358 g/mol. The predicted molar refractivity (Wildman–Crippen MR) is 96.8 cm³/mol. The Balaban J connectivity index is 1.60. The molecule has 6 heteroatoms. The molecule has 0 amide bonds. The Morgan fingerprint density at radius 1 is 1.08 bits per heavy atom. The van der Waals surface area contributed by atoms with Crippen molar-refractivity contribution < 1.29 is 14.3 Å². The van der Waals surface area contributed by atoms with Crippen LogP contribution in [0.1, 0.15) is 11.1 Å². The fourth-order valence-electron chi connectivity index (χ4n) is 3.07. The third kappa shape index (κ3) is 3.30. The van der Waals surface area contributed by atoms with Crippen LogP contribution in [0.4, 0.5) is 0 Å². The van der Waals surface area contributed by atoms with Gasteiger partial charge in [0.2, 0.25) is 0 Å². The zero-order valence-corrected chi connectivity index (χ0v) is 14.6. The quantitative estimate of drug-likeness (QED) is 0.835. The summed E-state index contributed by atoms with van der Waals surface area (Å²) in [4.78, 5) is 5.04. The van der Waals surface area contributed by atoms with Crippen LogP contribution in [0.5, 0.6) is 11.5 Å². The molecule has 1 aliphatic carbocycles. The SMILES string of the molecule is CO/N=C1\c2ccccc2CC1Oc1ccc(Cl)cc1OC1CNC1. The van der Waals surface area contributed by atoms with Crippen molar-refractivity contribution in [3.8, 4) is 11.5 Å². The molecule has 0 radical (unpaired) electrons. The summed E-state index contributed by atoms with van der Waals surface area (Å²) >= 11 is 6.13. The number of hydrogen-bond donors (Lipinski definition) is 1. The third-order valence-corrected chi connectivity index (χ3v) is 4.64. The predicted octanol–water partition coefficient (Wildman–Crippen LogP) is 3.04. The molecule has 2 aromatic carbocycles. The molecule has 1 aliphatic heterocycles.